The highest BCUT2D eigenvalue weighted by atomic mass is 15.0. The molecule has 0 unspecified atom stereocenters. The van der Waals surface area contributed by atoms with Crippen LogP contribution in [0.2, 0.25) is 0 Å². The maximum Gasteiger partial charge on any atom is 0.164 e. The van der Waals surface area contributed by atoms with E-state index in [1.165, 1.54) is 10.9 Å². The average molecular weight is 436 g/mol. The summed E-state index contributed by atoms with van der Waals surface area (Å²) >= 11 is 0. The summed E-state index contributed by atoms with van der Waals surface area (Å²) in [5, 5.41) is 2.36. The van der Waals surface area contributed by atoms with Gasteiger partial charge < -0.3 is 0 Å². The Bertz CT molecular complexity index is 1520. The Kier molecular flexibility index (Phi) is 5.13. The first-order valence-electron chi connectivity index (χ1n) is 11.3. The van der Waals surface area contributed by atoms with Gasteiger partial charge in [0.05, 0.1) is 0 Å². The molecule has 0 aliphatic carbocycles. The third kappa shape index (κ3) is 3.84. The highest BCUT2D eigenvalue weighted by molar-refractivity contribution is 5.99. The molecule has 1 aromatic heterocycles. The van der Waals surface area contributed by atoms with Crippen LogP contribution >= 0.6 is 0 Å². The van der Waals surface area contributed by atoms with Crippen LogP contribution < -0.4 is 0 Å². The van der Waals surface area contributed by atoms with Gasteiger partial charge in [0.25, 0.3) is 0 Å². The number of hydrogen-bond donors (Lipinski definition) is 0. The predicted octanol–water partition coefficient (Wildman–Crippen LogP) is 7.69. The number of benzene rings is 5. The minimum Gasteiger partial charge on any atom is -0.208 e. The minimum absolute atomic E-state index is 0.663. The van der Waals surface area contributed by atoms with Crippen molar-refractivity contribution in [1.82, 2.24) is 15.0 Å². The molecule has 0 spiro atoms. The fraction of sp³-hybridized carbons (Fsp3) is 0. The summed E-state index contributed by atoms with van der Waals surface area (Å²) in [5.41, 5.74) is 5.23. The maximum atomic E-state index is 4.92. The van der Waals surface area contributed by atoms with Crippen LogP contribution in [0.3, 0.4) is 0 Å². The Morgan fingerprint density at radius 3 is 1.35 bits per heavy atom. The zero-order valence-corrected chi connectivity index (χ0v) is 18.5. The lowest BCUT2D eigenvalue weighted by atomic mass is 9.95. The van der Waals surface area contributed by atoms with Gasteiger partial charge in [-0.1, -0.05) is 115 Å². The molecule has 34 heavy (non-hydrogen) atoms. The topological polar surface area (TPSA) is 38.7 Å². The number of nitrogens with zero attached hydrogens (tertiary/aromatic N) is 3. The molecule has 0 fully saturated rings. The Morgan fingerprint density at radius 2 is 0.794 bits per heavy atom. The maximum absolute atomic E-state index is 4.92. The number of hydrogen-bond acceptors (Lipinski definition) is 3. The van der Waals surface area contributed by atoms with Gasteiger partial charge in [-0.15, -0.1) is 0 Å². The molecule has 0 atom stereocenters. The molecule has 5 aromatic carbocycles. The summed E-state index contributed by atoms with van der Waals surface area (Å²) in [6.45, 7) is 0. The summed E-state index contributed by atoms with van der Waals surface area (Å²) in [6.07, 6.45) is 0. The predicted molar refractivity (Wildman–Crippen MR) is 139 cm³/mol. The van der Waals surface area contributed by atoms with Crippen LogP contribution in [0.25, 0.3) is 56.1 Å². The highest BCUT2D eigenvalue weighted by Gasteiger charge is 2.14. The monoisotopic (exact) mass is 435 g/mol. The SMILES string of the molecule is c1ccc(-c2nc(-c3ccccc3)nc(-c3cc(-c4ccccc4)c4ccccc4c3)n2)cc1. The molecule has 3 heteroatoms. The smallest absolute Gasteiger partial charge is 0.164 e. The van der Waals surface area contributed by atoms with Gasteiger partial charge in [0.2, 0.25) is 0 Å². The zero-order chi connectivity index (χ0) is 22.7. The lowest BCUT2D eigenvalue weighted by Gasteiger charge is -2.12. The molecule has 0 amide bonds. The largest absolute Gasteiger partial charge is 0.208 e. The van der Waals surface area contributed by atoms with Gasteiger partial charge in [-0.05, 0) is 34.0 Å². The van der Waals surface area contributed by atoms with Crippen LogP contribution in [-0.4, -0.2) is 15.0 Å². The van der Waals surface area contributed by atoms with Crippen molar-refractivity contribution in [2.75, 3.05) is 0 Å². The van der Waals surface area contributed by atoms with E-state index in [4.69, 9.17) is 15.0 Å². The Hall–Kier alpha value is -4.63. The van der Waals surface area contributed by atoms with E-state index in [1.807, 2.05) is 66.7 Å². The molecule has 6 aromatic rings. The second kappa shape index (κ2) is 8.72. The fourth-order valence-corrected chi connectivity index (χ4v) is 4.23. The van der Waals surface area contributed by atoms with Gasteiger partial charge in [0.15, 0.2) is 17.5 Å². The molecular formula is C31H21N3. The van der Waals surface area contributed by atoms with Crippen LogP contribution in [0.1, 0.15) is 0 Å². The Labute approximate surface area is 198 Å². The second-order valence-corrected chi connectivity index (χ2v) is 8.15. The highest BCUT2D eigenvalue weighted by Crippen LogP contribution is 2.34. The van der Waals surface area contributed by atoms with Gasteiger partial charge in [-0.2, -0.15) is 0 Å². The normalized spacial score (nSPS) is 10.9. The zero-order valence-electron chi connectivity index (χ0n) is 18.5. The fourth-order valence-electron chi connectivity index (χ4n) is 4.23. The standard InChI is InChI=1S/C31H21N3/c1-4-12-22(13-5-1)28-21-26(20-25-18-10-11-19-27(25)28)31-33-29(23-14-6-2-7-15-23)32-30(34-31)24-16-8-3-9-17-24/h1-21H. The van der Waals surface area contributed by atoms with Crippen molar-refractivity contribution < 1.29 is 0 Å². The molecule has 1 heterocycles. The molecule has 3 nitrogen and oxygen atoms in total. The van der Waals surface area contributed by atoms with Crippen molar-refractivity contribution in [3.63, 3.8) is 0 Å². The van der Waals surface area contributed by atoms with Gasteiger partial charge in [-0.25, -0.2) is 15.0 Å². The Balaban J connectivity index is 1.61. The average Bonchev–Trinajstić information content (AvgIpc) is 2.93. The van der Waals surface area contributed by atoms with Crippen molar-refractivity contribution >= 4 is 10.8 Å². The van der Waals surface area contributed by atoms with E-state index in [0.717, 1.165) is 27.6 Å². The molecule has 0 saturated heterocycles. The van der Waals surface area contributed by atoms with Crippen LogP contribution in [0.4, 0.5) is 0 Å². The lowest BCUT2D eigenvalue weighted by Crippen LogP contribution is -2.00. The first-order valence-corrected chi connectivity index (χ1v) is 11.3. The lowest BCUT2D eigenvalue weighted by molar-refractivity contribution is 1.07. The van der Waals surface area contributed by atoms with Crippen LogP contribution in [0, 0.1) is 0 Å². The van der Waals surface area contributed by atoms with Crippen LogP contribution in [0.15, 0.2) is 127 Å². The van der Waals surface area contributed by atoms with Gasteiger partial charge in [0.1, 0.15) is 0 Å². The van der Waals surface area contributed by atoms with Crippen molar-refractivity contribution in [3.8, 4) is 45.3 Å². The van der Waals surface area contributed by atoms with Crippen LogP contribution in [-0.2, 0) is 0 Å². The first kappa shape index (κ1) is 20.0. The molecule has 0 aliphatic heterocycles. The number of aromatic nitrogens is 3. The number of fused-ring (bicyclic) bond motifs is 1. The number of rotatable bonds is 4. The van der Waals surface area contributed by atoms with Crippen molar-refractivity contribution in [2.24, 2.45) is 0 Å². The summed E-state index contributed by atoms with van der Waals surface area (Å²) < 4.78 is 0. The summed E-state index contributed by atoms with van der Waals surface area (Å²) in [5.74, 6) is 1.99. The molecule has 0 bridgehead atoms. The van der Waals surface area contributed by atoms with Gasteiger partial charge in [-0.3, -0.25) is 0 Å². The van der Waals surface area contributed by atoms with Crippen LogP contribution in [0.5, 0.6) is 0 Å². The molecule has 0 aliphatic rings. The molecule has 0 saturated carbocycles. The first-order chi connectivity index (χ1) is 16.8. The summed E-state index contributed by atoms with van der Waals surface area (Å²) in [7, 11) is 0. The third-order valence-corrected chi connectivity index (χ3v) is 5.90. The van der Waals surface area contributed by atoms with E-state index in [2.05, 4.69) is 60.7 Å². The summed E-state index contributed by atoms with van der Waals surface area (Å²) in [4.78, 5) is 14.7. The van der Waals surface area contributed by atoms with E-state index in [-0.39, 0.29) is 0 Å². The molecule has 160 valence electrons. The summed E-state index contributed by atoms with van der Waals surface area (Å²) in [6, 6.07) is 43.4. The third-order valence-electron chi connectivity index (χ3n) is 5.90. The molecule has 0 N–H and O–H groups in total. The van der Waals surface area contributed by atoms with E-state index < -0.39 is 0 Å². The van der Waals surface area contributed by atoms with E-state index in [1.54, 1.807) is 0 Å². The van der Waals surface area contributed by atoms with Crippen molar-refractivity contribution in [2.45, 2.75) is 0 Å². The Morgan fingerprint density at radius 1 is 0.353 bits per heavy atom. The molecule has 0 radical (unpaired) electrons. The van der Waals surface area contributed by atoms with Crippen molar-refractivity contribution in [1.29, 1.82) is 0 Å². The molecular weight excluding hydrogens is 414 g/mol. The minimum atomic E-state index is 0.663. The van der Waals surface area contributed by atoms with E-state index in [0.29, 0.717) is 17.5 Å². The van der Waals surface area contributed by atoms with Gasteiger partial charge in [0, 0.05) is 16.7 Å². The van der Waals surface area contributed by atoms with E-state index >= 15 is 0 Å². The van der Waals surface area contributed by atoms with Crippen molar-refractivity contribution in [3.05, 3.63) is 127 Å². The van der Waals surface area contributed by atoms with Gasteiger partial charge >= 0.3 is 0 Å². The second-order valence-electron chi connectivity index (χ2n) is 8.15. The van der Waals surface area contributed by atoms with E-state index in [9.17, 15) is 0 Å². The quantitative estimate of drug-likeness (QED) is 0.285. The molecule has 6 rings (SSSR count).